The van der Waals surface area contributed by atoms with Gasteiger partial charge in [0.05, 0.1) is 6.61 Å². The standard InChI is InChI=1S/C14H19NO4/c1-10-6-3-4-7-12(10)19-9-5-8-15-13(16)11(2)14(17)18/h3-4,6-7,11H,5,8-9H2,1-2H3,(H,15,16)(H,17,18). The highest BCUT2D eigenvalue weighted by Gasteiger charge is 2.19. The molecule has 19 heavy (non-hydrogen) atoms. The minimum atomic E-state index is -1.12. The minimum Gasteiger partial charge on any atom is -0.493 e. The summed E-state index contributed by atoms with van der Waals surface area (Å²) in [5.74, 6) is -1.78. The molecule has 5 nitrogen and oxygen atoms in total. The zero-order valence-corrected chi connectivity index (χ0v) is 11.2. The van der Waals surface area contributed by atoms with Crippen LogP contribution >= 0.6 is 0 Å². The van der Waals surface area contributed by atoms with Crippen molar-refractivity contribution in [2.45, 2.75) is 20.3 Å². The van der Waals surface area contributed by atoms with Crippen LogP contribution in [0.3, 0.4) is 0 Å². The fourth-order valence-corrected chi connectivity index (χ4v) is 1.45. The topological polar surface area (TPSA) is 75.6 Å². The molecule has 1 atom stereocenters. The van der Waals surface area contributed by atoms with E-state index in [0.29, 0.717) is 19.6 Å². The molecule has 1 aromatic rings. The van der Waals surface area contributed by atoms with Crippen LogP contribution in [0.1, 0.15) is 18.9 Å². The normalized spacial score (nSPS) is 11.7. The van der Waals surface area contributed by atoms with Crippen molar-refractivity contribution < 1.29 is 19.4 Å². The van der Waals surface area contributed by atoms with Gasteiger partial charge in [0.1, 0.15) is 11.7 Å². The summed E-state index contributed by atoms with van der Waals surface area (Å²) >= 11 is 0. The van der Waals surface area contributed by atoms with Crippen molar-refractivity contribution in [1.82, 2.24) is 5.32 Å². The highest BCUT2D eigenvalue weighted by atomic mass is 16.5. The van der Waals surface area contributed by atoms with E-state index in [2.05, 4.69) is 5.32 Å². The largest absolute Gasteiger partial charge is 0.493 e. The molecule has 5 heteroatoms. The van der Waals surface area contributed by atoms with Crippen molar-refractivity contribution in [2.75, 3.05) is 13.2 Å². The Morgan fingerprint density at radius 2 is 2.05 bits per heavy atom. The number of carboxylic acid groups (broad SMARTS) is 1. The highest BCUT2D eigenvalue weighted by Crippen LogP contribution is 2.15. The van der Waals surface area contributed by atoms with E-state index in [0.717, 1.165) is 11.3 Å². The number of amides is 1. The predicted molar refractivity (Wildman–Crippen MR) is 71.1 cm³/mol. The van der Waals surface area contributed by atoms with Crippen molar-refractivity contribution in [3.63, 3.8) is 0 Å². The van der Waals surface area contributed by atoms with Gasteiger partial charge in [0.25, 0.3) is 0 Å². The number of aliphatic carboxylic acids is 1. The maximum Gasteiger partial charge on any atom is 0.315 e. The summed E-state index contributed by atoms with van der Waals surface area (Å²) < 4.78 is 5.56. The second-order valence-corrected chi connectivity index (χ2v) is 4.32. The van der Waals surface area contributed by atoms with Crippen LogP contribution in [0.5, 0.6) is 5.75 Å². The Kier molecular flexibility index (Phi) is 5.85. The lowest BCUT2D eigenvalue weighted by molar-refractivity contribution is -0.146. The Morgan fingerprint density at radius 3 is 2.68 bits per heavy atom. The molecule has 0 bridgehead atoms. The van der Waals surface area contributed by atoms with Crippen LogP contribution in [0.2, 0.25) is 0 Å². The molecule has 1 rings (SSSR count). The van der Waals surface area contributed by atoms with E-state index in [-0.39, 0.29) is 0 Å². The number of carbonyl (C=O) groups is 2. The number of carbonyl (C=O) groups excluding carboxylic acids is 1. The molecule has 0 aliphatic heterocycles. The number of aryl methyl sites for hydroxylation is 1. The number of benzene rings is 1. The van der Waals surface area contributed by atoms with Crippen LogP contribution in [0.4, 0.5) is 0 Å². The van der Waals surface area contributed by atoms with Gasteiger partial charge in [-0.2, -0.15) is 0 Å². The van der Waals surface area contributed by atoms with Crippen molar-refractivity contribution in [3.8, 4) is 5.75 Å². The first-order valence-electron chi connectivity index (χ1n) is 6.21. The van der Waals surface area contributed by atoms with Gasteiger partial charge in [-0.3, -0.25) is 9.59 Å². The first kappa shape index (κ1) is 15.0. The highest BCUT2D eigenvalue weighted by molar-refractivity contribution is 5.96. The van der Waals surface area contributed by atoms with Crippen molar-refractivity contribution in [1.29, 1.82) is 0 Å². The Balaban J connectivity index is 2.20. The van der Waals surface area contributed by atoms with E-state index in [1.54, 1.807) is 0 Å². The summed E-state index contributed by atoms with van der Waals surface area (Å²) in [5, 5.41) is 11.2. The molecule has 104 valence electrons. The van der Waals surface area contributed by atoms with Gasteiger partial charge >= 0.3 is 5.97 Å². The van der Waals surface area contributed by atoms with Gasteiger partial charge in [-0.25, -0.2) is 0 Å². The molecule has 1 aromatic carbocycles. The van der Waals surface area contributed by atoms with E-state index in [1.807, 2.05) is 31.2 Å². The Bertz CT molecular complexity index is 445. The summed E-state index contributed by atoms with van der Waals surface area (Å²) in [7, 11) is 0. The molecule has 2 N–H and O–H groups in total. The maximum absolute atomic E-state index is 11.3. The van der Waals surface area contributed by atoms with Crippen LogP contribution in [-0.4, -0.2) is 30.1 Å². The van der Waals surface area contributed by atoms with Gasteiger partial charge < -0.3 is 15.2 Å². The van der Waals surface area contributed by atoms with Crippen LogP contribution < -0.4 is 10.1 Å². The molecule has 1 unspecified atom stereocenters. The number of rotatable bonds is 7. The number of hydrogen-bond acceptors (Lipinski definition) is 3. The van der Waals surface area contributed by atoms with Crippen LogP contribution in [0, 0.1) is 12.8 Å². The van der Waals surface area contributed by atoms with Crippen LogP contribution in [0.15, 0.2) is 24.3 Å². The predicted octanol–water partition coefficient (Wildman–Crippen LogP) is 1.60. The van der Waals surface area contributed by atoms with Gasteiger partial charge in [-0.1, -0.05) is 18.2 Å². The summed E-state index contributed by atoms with van der Waals surface area (Å²) in [6.07, 6.45) is 0.631. The Hall–Kier alpha value is -2.04. The van der Waals surface area contributed by atoms with E-state index < -0.39 is 17.8 Å². The minimum absolute atomic E-state index is 0.405. The molecular formula is C14H19NO4. The van der Waals surface area contributed by atoms with Crippen LogP contribution in [0.25, 0.3) is 0 Å². The first-order chi connectivity index (χ1) is 9.02. The average Bonchev–Trinajstić information content (AvgIpc) is 2.39. The summed E-state index contributed by atoms with van der Waals surface area (Å²) in [6.45, 7) is 4.21. The third-order valence-corrected chi connectivity index (χ3v) is 2.74. The lowest BCUT2D eigenvalue weighted by atomic mass is 10.2. The number of ether oxygens (including phenoxy) is 1. The van der Waals surface area contributed by atoms with Crippen molar-refractivity contribution in [2.24, 2.45) is 5.92 Å². The van der Waals surface area contributed by atoms with E-state index in [1.165, 1.54) is 6.92 Å². The smallest absolute Gasteiger partial charge is 0.315 e. The van der Waals surface area contributed by atoms with Gasteiger partial charge in [-0.15, -0.1) is 0 Å². The first-order valence-corrected chi connectivity index (χ1v) is 6.21. The van der Waals surface area contributed by atoms with Crippen LogP contribution in [-0.2, 0) is 9.59 Å². The Morgan fingerprint density at radius 1 is 1.37 bits per heavy atom. The number of hydrogen-bond donors (Lipinski definition) is 2. The molecule has 0 heterocycles. The van der Waals surface area contributed by atoms with Crippen molar-refractivity contribution in [3.05, 3.63) is 29.8 Å². The molecule has 0 radical (unpaired) electrons. The quantitative estimate of drug-likeness (QED) is 0.580. The zero-order chi connectivity index (χ0) is 14.3. The summed E-state index contributed by atoms with van der Waals surface area (Å²) in [4.78, 5) is 21.9. The van der Waals surface area contributed by atoms with Gasteiger partial charge in [0, 0.05) is 6.54 Å². The number of para-hydroxylation sites is 1. The molecule has 0 spiro atoms. The summed E-state index contributed by atoms with van der Waals surface area (Å²) in [5.41, 5.74) is 1.06. The maximum atomic E-state index is 11.3. The van der Waals surface area contributed by atoms with E-state index in [9.17, 15) is 9.59 Å². The molecule has 0 aliphatic carbocycles. The van der Waals surface area contributed by atoms with E-state index >= 15 is 0 Å². The van der Waals surface area contributed by atoms with Gasteiger partial charge in [0.15, 0.2) is 0 Å². The third-order valence-electron chi connectivity index (χ3n) is 2.74. The molecule has 0 fully saturated rings. The second kappa shape index (κ2) is 7.41. The number of carboxylic acids is 1. The van der Waals surface area contributed by atoms with E-state index in [4.69, 9.17) is 9.84 Å². The lowest BCUT2D eigenvalue weighted by Crippen LogP contribution is -2.34. The monoisotopic (exact) mass is 265 g/mol. The van der Waals surface area contributed by atoms with Gasteiger partial charge in [0.2, 0.25) is 5.91 Å². The SMILES string of the molecule is Cc1ccccc1OCCCNC(=O)C(C)C(=O)O. The summed E-state index contributed by atoms with van der Waals surface area (Å²) in [6, 6.07) is 7.69. The van der Waals surface area contributed by atoms with Crippen molar-refractivity contribution >= 4 is 11.9 Å². The fourth-order valence-electron chi connectivity index (χ4n) is 1.45. The molecular weight excluding hydrogens is 246 g/mol. The molecule has 0 saturated heterocycles. The molecule has 0 aromatic heterocycles. The molecule has 0 aliphatic rings. The van der Waals surface area contributed by atoms with Gasteiger partial charge in [-0.05, 0) is 31.9 Å². The second-order valence-electron chi connectivity index (χ2n) is 4.32. The third kappa shape index (κ3) is 4.99. The average molecular weight is 265 g/mol. The zero-order valence-electron chi connectivity index (χ0n) is 11.2. The fraction of sp³-hybridized carbons (Fsp3) is 0.429. The lowest BCUT2D eigenvalue weighted by Gasteiger charge is -2.10. The molecule has 1 amide bonds. The number of nitrogens with one attached hydrogen (secondary N) is 1. The molecule has 0 saturated carbocycles. The Labute approximate surface area is 112 Å².